The molecule has 1 aromatic carbocycles. The van der Waals surface area contributed by atoms with Crippen LogP contribution in [0.25, 0.3) is 0 Å². The number of aliphatic carboxylic acids is 1. The Hall–Kier alpha value is -1.95. The van der Waals surface area contributed by atoms with Crippen LogP contribution in [-0.4, -0.2) is 47.7 Å². The molecular formula is C13H14FNO4. The highest BCUT2D eigenvalue weighted by Gasteiger charge is 2.33. The van der Waals surface area contributed by atoms with Gasteiger partial charge in [-0.15, -0.1) is 0 Å². The van der Waals surface area contributed by atoms with Crippen molar-refractivity contribution in [3.8, 4) is 0 Å². The molecule has 0 aromatic heterocycles. The molecule has 1 N–H and O–H groups in total. The third-order valence-corrected chi connectivity index (χ3v) is 3.09. The monoisotopic (exact) mass is 267 g/mol. The molecule has 0 radical (unpaired) electrons. The Bertz CT molecular complexity index is 517. The van der Waals surface area contributed by atoms with Crippen molar-refractivity contribution in [1.29, 1.82) is 0 Å². The highest BCUT2D eigenvalue weighted by Crippen LogP contribution is 2.15. The van der Waals surface area contributed by atoms with Crippen LogP contribution in [0.15, 0.2) is 18.2 Å². The van der Waals surface area contributed by atoms with Crippen molar-refractivity contribution in [2.75, 3.05) is 19.8 Å². The number of ether oxygens (including phenoxy) is 1. The molecule has 0 saturated carbocycles. The van der Waals surface area contributed by atoms with Gasteiger partial charge in [0.2, 0.25) is 0 Å². The number of nitrogens with zero attached hydrogens (tertiary/aromatic N) is 1. The summed E-state index contributed by atoms with van der Waals surface area (Å²) in [5.74, 6) is -2.10. The summed E-state index contributed by atoms with van der Waals surface area (Å²) in [4.78, 5) is 24.5. The quantitative estimate of drug-likeness (QED) is 0.870. The van der Waals surface area contributed by atoms with Gasteiger partial charge in [0.15, 0.2) is 6.04 Å². The summed E-state index contributed by atoms with van der Waals surface area (Å²) in [7, 11) is 0. The molecule has 0 bridgehead atoms. The van der Waals surface area contributed by atoms with Crippen LogP contribution in [0.4, 0.5) is 4.39 Å². The summed E-state index contributed by atoms with van der Waals surface area (Å²) in [6.07, 6.45) is 0. The lowest BCUT2D eigenvalue weighted by molar-refractivity contribution is -0.147. The zero-order valence-corrected chi connectivity index (χ0v) is 10.4. The summed E-state index contributed by atoms with van der Waals surface area (Å²) in [5, 5.41) is 9.06. The lowest BCUT2D eigenvalue weighted by Crippen LogP contribution is -2.52. The molecule has 0 unspecified atom stereocenters. The molecule has 1 atom stereocenters. The number of benzene rings is 1. The van der Waals surface area contributed by atoms with Crippen molar-refractivity contribution in [3.05, 3.63) is 35.1 Å². The normalized spacial score (nSPS) is 19.3. The van der Waals surface area contributed by atoms with Crippen LogP contribution < -0.4 is 0 Å². The second kappa shape index (κ2) is 5.36. The maximum atomic E-state index is 13.5. The third-order valence-electron chi connectivity index (χ3n) is 3.09. The molecule has 0 spiro atoms. The van der Waals surface area contributed by atoms with Crippen LogP contribution in [0, 0.1) is 12.7 Å². The van der Waals surface area contributed by atoms with Crippen LogP contribution in [-0.2, 0) is 9.53 Å². The van der Waals surface area contributed by atoms with Gasteiger partial charge >= 0.3 is 5.97 Å². The predicted octanol–water partition coefficient (Wildman–Crippen LogP) is 1.06. The molecule has 19 heavy (non-hydrogen) atoms. The first-order valence-electron chi connectivity index (χ1n) is 5.88. The van der Waals surface area contributed by atoms with Crippen LogP contribution in [0.5, 0.6) is 0 Å². The van der Waals surface area contributed by atoms with Crippen molar-refractivity contribution in [1.82, 2.24) is 4.90 Å². The summed E-state index contributed by atoms with van der Waals surface area (Å²) in [6.45, 7) is 2.02. The van der Waals surface area contributed by atoms with E-state index in [0.717, 1.165) is 6.07 Å². The first-order chi connectivity index (χ1) is 9.00. The fraction of sp³-hybridized carbons (Fsp3) is 0.385. The van der Waals surface area contributed by atoms with E-state index < -0.39 is 23.7 Å². The maximum absolute atomic E-state index is 13.5. The van der Waals surface area contributed by atoms with E-state index in [1.54, 1.807) is 6.92 Å². The molecule has 2 rings (SSSR count). The van der Waals surface area contributed by atoms with Crippen molar-refractivity contribution < 1.29 is 23.8 Å². The molecule has 1 amide bonds. The first-order valence-corrected chi connectivity index (χ1v) is 5.88. The smallest absolute Gasteiger partial charge is 0.328 e. The van der Waals surface area contributed by atoms with Gasteiger partial charge < -0.3 is 14.7 Å². The molecule has 1 aromatic rings. The molecule has 1 fully saturated rings. The fourth-order valence-corrected chi connectivity index (χ4v) is 1.94. The highest BCUT2D eigenvalue weighted by atomic mass is 19.1. The summed E-state index contributed by atoms with van der Waals surface area (Å²) >= 11 is 0. The third kappa shape index (κ3) is 2.73. The minimum absolute atomic E-state index is 0.0462. The number of carboxylic acids is 1. The Labute approximate surface area is 109 Å². The van der Waals surface area contributed by atoms with E-state index in [9.17, 15) is 14.0 Å². The van der Waals surface area contributed by atoms with Gasteiger partial charge in [-0.1, -0.05) is 6.07 Å². The van der Waals surface area contributed by atoms with Gasteiger partial charge in [0.05, 0.1) is 13.2 Å². The predicted molar refractivity (Wildman–Crippen MR) is 64.4 cm³/mol. The molecule has 1 aliphatic rings. The number of morpholine rings is 1. The second-order valence-electron chi connectivity index (χ2n) is 4.39. The number of carboxylic acid groups (broad SMARTS) is 1. The average Bonchev–Trinajstić information content (AvgIpc) is 2.41. The van der Waals surface area contributed by atoms with Crippen molar-refractivity contribution >= 4 is 11.9 Å². The van der Waals surface area contributed by atoms with E-state index in [2.05, 4.69) is 0 Å². The van der Waals surface area contributed by atoms with Gasteiger partial charge in [0.1, 0.15) is 5.82 Å². The number of carbonyl (C=O) groups is 2. The zero-order chi connectivity index (χ0) is 14.0. The lowest BCUT2D eigenvalue weighted by Gasteiger charge is -2.32. The number of hydrogen-bond acceptors (Lipinski definition) is 3. The van der Waals surface area contributed by atoms with Gasteiger partial charge in [-0.25, -0.2) is 9.18 Å². The molecular weight excluding hydrogens is 253 g/mol. The lowest BCUT2D eigenvalue weighted by atomic mass is 10.1. The number of halogens is 1. The minimum Gasteiger partial charge on any atom is -0.480 e. The van der Waals surface area contributed by atoms with E-state index >= 15 is 0 Å². The molecule has 6 heteroatoms. The molecule has 1 saturated heterocycles. The Kier molecular flexibility index (Phi) is 3.80. The van der Waals surface area contributed by atoms with Crippen molar-refractivity contribution in [3.63, 3.8) is 0 Å². The van der Waals surface area contributed by atoms with E-state index in [4.69, 9.17) is 9.84 Å². The van der Waals surface area contributed by atoms with E-state index in [-0.39, 0.29) is 25.3 Å². The van der Waals surface area contributed by atoms with Crippen LogP contribution in [0.1, 0.15) is 15.9 Å². The number of aryl methyl sites for hydroxylation is 1. The first kappa shape index (κ1) is 13.5. The topological polar surface area (TPSA) is 66.8 Å². The summed E-state index contributed by atoms with van der Waals surface area (Å²) in [5.41, 5.74) is 0.588. The standard InChI is InChI=1S/C13H14FNO4/c1-8-2-3-9(6-10(8)14)12(16)15-4-5-19-7-11(15)13(17)18/h2-3,6,11H,4-5,7H2,1H3,(H,17,18)/t11-/m1/s1. The van der Waals surface area contributed by atoms with E-state index in [1.165, 1.54) is 17.0 Å². The van der Waals surface area contributed by atoms with Gasteiger partial charge in [0, 0.05) is 12.1 Å². The number of amides is 1. The van der Waals surface area contributed by atoms with Gasteiger partial charge in [-0.3, -0.25) is 4.79 Å². The molecule has 102 valence electrons. The van der Waals surface area contributed by atoms with Gasteiger partial charge in [-0.2, -0.15) is 0 Å². The Morgan fingerprint density at radius 3 is 2.84 bits per heavy atom. The van der Waals surface area contributed by atoms with Gasteiger partial charge in [0.25, 0.3) is 5.91 Å². The number of hydrogen-bond donors (Lipinski definition) is 1. The Morgan fingerprint density at radius 2 is 2.21 bits per heavy atom. The zero-order valence-electron chi connectivity index (χ0n) is 10.4. The Balaban J connectivity index is 2.26. The number of carbonyl (C=O) groups excluding carboxylic acids is 1. The highest BCUT2D eigenvalue weighted by molar-refractivity contribution is 5.96. The van der Waals surface area contributed by atoms with Crippen LogP contribution in [0.2, 0.25) is 0 Å². The molecule has 1 aliphatic heterocycles. The van der Waals surface area contributed by atoms with Crippen molar-refractivity contribution in [2.45, 2.75) is 13.0 Å². The molecule has 1 heterocycles. The Morgan fingerprint density at radius 1 is 1.47 bits per heavy atom. The SMILES string of the molecule is Cc1ccc(C(=O)N2CCOC[C@@H]2C(=O)O)cc1F. The van der Waals surface area contributed by atoms with Crippen LogP contribution in [0.3, 0.4) is 0 Å². The van der Waals surface area contributed by atoms with Crippen LogP contribution >= 0.6 is 0 Å². The molecule has 5 nitrogen and oxygen atoms in total. The fourth-order valence-electron chi connectivity index (χ4n) is 1.94. The minimum atomic E-state index is -1.12. The van der Waals surface area contributed by atoms with Gasteiger partial charge in [-0.05, 0) is 24.6 Å². The summed E-state index contributed by atoms with van der Waals surface area (Å²) < 4.78 is 18.5. The largest absolute Gasteiger partial charge is 0.480 e. The maximum Gasteiger partial charge on any atom is 0.328 e. The second-order valence-corrected chi connectivity index (χ2v) is 4.39. The van der Waals surface area contributed by atoms with E-state index in [1.807, 2.05) is 0 Å². The number of rotatable bonds is 2. The average molecular weight is 267 g/mol. The summed E-state index contributed by atoms with van der Waals surface area (Å²) in [6, 6.07) is 3.10. The van der Waals surface area contributed by atoms with Crippen molar-refractivity contribution in [2.24, 2.45) is 0 Å². The molecule has 0 aliphatic carbocycles. The van der Waals surface area contributed by atoms with E-state index in [0.29, 0.717) is 5.56 Å².